The summed E-state index contributed by atoms with van der Waals surface area (Å²) in [5, 5.41) is 3.04. The number of likely N-dealkylation sites (N-methyl/N-ethyl adjacent to an activating group) is 1. The van der Waals surface area contributed by atoms with Gasteiger partial charge in [0.25, 0.3) is 0 Å². The van der Waals surface area contributed by atoms with Crippen molar-refractivity contribution >= 4 is 11.6 Å². The van der Waals surface area contributed by atoms with Crippen molar-refractivity contribution in [2.45, 2.75) is 51.5 Å². The standard InChI is InChI=1S/C18H29N3O/c1-3-21(16-10-6-5-9-15(16)2)14-13-20-17(22)18(19)11-7-4-8-12-18/h5-6,9-10H,3-4,7-8,11-14,19H2,1-2H3,(H,20,22). The van der Waals surface area contributed by atoms with Gasteiger partial charge in [-0.1, -0.05) is 37.5 Å². The van der Waals surface area contributed by atoms with E-state index in [0.717, 1.165) is 38.8 Å². The van der Waals surface area contributed by atoms with Crippen molar-refractivity contribution in [2.24, 2.45) is 5.73 Å². The Bertz CT molecular complexity index is 495. The van der Waals surface area contributed by atoms with Gasteiger partial charge < -0.3 is 16.0 Å². The molecule has 22 heavy (non-hydrogen) atoms. The molecule has 0 spiro atoms. The second kappa shape index (κ2) is 7.63. The van der Waals surface area contributed by atoms with Crippen LogP contribution in [-0.2, 0) is 4.79 Å². The number of aryl methyl sites for hydroxylation is 1. The molecule has 122 valence electrons. The number of nitrogens with one attached hydrogen (secondary N) is 1. The fraction of sp³-hybridized carbons (Fsp3) is 0.611. The summed E-state index contributed by atoms with van der Waals surface area (Å²) >= 11 is 0. The van der Waals surface area contributed by atoms with Crippen LogP contribution >= 0.6 is 0 Å². The lowest BCUT2D eigenvalue weighted by Crippen LogP contribution is -2.55. The minimum Gasteiger partial charge on any atom is -0.370 e. The molecule has 2 rings (SSSR count). The zero-order valence-electron chi connectivity index (χ0n) is 13.9. The highest BCUT2D eigenvalue weighted by Crippen LogP contribution is 2.26. The molecular formula is C18H29N3O. The maximum atomic E-state index is 12.3. The van der Waals surface area contributed by atoms with Crippen molar-refractivity contribution in [3.05, 3.63) is 29.8 Å². The number of anilines is 1. The minimum atomic E-state index is -0.641. The zero-order chi connectivity index (χ0) is 16.0. The second-order valence-electron chi connectivity index (χ2n) is 6.34. The number of para-hydroxylation sites is 1. The summed E-state index contributed by atoms with van der Waals surface area (Å²) < 4.78 is 0. The fourth-order valence-corrected chi connectivity index (χ4v) is 3.26. The van der Waals surface area contributed by atoms with Gasteiger partial charge in [0.1, 0.15) is 0 Å². The molecule has 0 bridgehead atoms. The van der Waals surface area contributed by atoms with Gasteiger partial charge in [-0.05, 0) is 38.3 Å². The summed E-state index contributed by atoms with van der Waals surface area (Å²) in [5.74, 6) is 0.0213. The van der Waals surface area contributed by atoms with Gasteiger partial charge in [0.15, 0.2) is 0 Å². The predicted octanol–water partition coefficient (Wildman–Crippen LogP) is 2.60. The maximum absolute atomic E-state index is 12.3. The van der Waals surface area contributed by atoms with E-state index in [1.807, 2.05) is 0 Å². The normalized spacial score (nSPS) is 17.0. The Morgan fingerprint density at radius 3 is 2.59 bits per heavy atom. The SMILES string of the molecule is CCN(CCNC(=O)C1(N)CCCCC1)c1ccccc1C. The van der Waals surface area contributed by atoms with Crippen LogP contribution in [0.3, 0.4) is 0 Å². The number of nitrogens with zero attached hydrogens (tertiary/aromatic N) is 1. The fourth-order valence-electron chi connectivity index (χ4n) is 3.26. The first-order valence-corrected chi connectivity index (χ1v) is 8.44. The van der Waals surface area contributed by atoms with Crippen LogP contribution in [0.4, 0.5) is 5.69 Å². The summed E-state index contributed by atoms with van der Waals surface area (Å²) in [5.41, 5.74) is 8.12. The number of rotatable bonds is 6. The smallest absolute Gasteiger partial charge is 0.240 e. The van der Waals surface area contributed by atoms with Crippen molar-refractivity contribution in [1.82, 2.24) is 5.32 Å². The van der Waals surface area contributed by atoms with Gasteiger partial charge in [0.05, 0.1) is 5.54 Å². The molecule has 4 nitrogen and oxygen atoms in total. The van der Waals surface area contributed by atoms with Crippen molar-refractivity contribution in [3.63, 3.8) is 0 Å². The topological polar surface area (TPSA) is 58.4 Å². The summed E-state index contributed by atoms with van der Waals surface area (Å²) in [7, 11) is 0. The molecule has 0 unspecified atom stereocenters. The quantitative estimate of drug-likeness (QED) is 0.849. The molecule has 1 saturated carbocycles. The van der Waals surface area contributed by atoms with Crippen molar-refractivity contribution < 1.29 is 4.79 Å². The lowest BCUT2D eigenvalue weighted by atomic mass is 9.82. The van der Waals surface area contributed by atoms with Crippen LogP contribution in [0, 0.1) is 6.92 Å². The zero-order valence-corrected chi connectivity index (χ0v) is 13.9. The second-order valence-corrected chi connectivity index (χ2v) is 6.34. The Kier molecular flexibility index (Phi) is 5.83. The van der Waals surface area contributed by atoms with Gasteiger partial charge in [0.2, 0.25) is 5.91 Å². The highest BCUT2D eigenvalue weighted by atomic mass is 16.2. The number of amides is 1. The molecule has 1 aromatic rings. The molecule has 0 aliphatic heterocycles. The largest absolute Gasteiger partial charge is 0.370 e. The third-order valence-electron chi connectivity index (χ3n) is 4.70. The monoisotopic (exact) mass is 303 g/mol. The Morgan fingerprint density at radius 2 is 1.95 bits per heavy atom. The van der Waals surface area contributed by atoms with Gasteiger partial charge >= 0.3 is 0 Å². The van der Waals surface area contributed by atoms with E-state index in [-0.39, 0.29) is 5.91 Å². The number of nitrogens with two attached hydrogens (primary N) is 1. The molecular weight excluding hydrogens is 274 g/mol. The van der Waals surface area contributed by atoms with Crippen LogP contribution in [0.15, 0.2) is 24.3 Å². The maximum Gasteiger partial charge on any atom is 0.240 e. The Morgan fingerprint density at radius 1 is 1.27 bits per heavy atom. The van der Waals surface area contributed by atoms with Crippen LogP contribution in [0.2, 0.25) is 0 Å². The lowest BCUT2D eigenvalue weighted by Gasteiger charge is -2.32. The van der Waals surface area contributed by atoms with Crippen LogP contribution < -0.4 is 16.0 Å². The molecule has 1 aromatic carbocycles. The third kappa shape index (κ3) is 4.01. The van der Waals surface area contributed by atoms with Crippen molar-refractivity contribution in [1.29, 1.82) is 0 Å². The van der Waals surface area contributed by atoms with Crippen LogP contribution in [0.25, 0.3) is 0 Å². The summed E-state index contributed by atoms with van der Waals surface area (Å²) in [6.07, 6.45) is 4.95. The molecule has 3 N–H and O–H groups in total. The summed E-state index contributed by atoms with van der Waals surface area (Å²) in [6, 6.07) is 8.36. The minimum absolute atomic E-state index is 0.0213. The Labute approximate surface area is 134 Å². The van der Waals surface area contributed by atoms with E-state index in [1.54, 1.807) is 0 Å². The molecule has 1 aliphatic rings. The molecule has 0 aromatic heterocycles. The van der Waals surface area contributed by atoms with Crippen LogP contribution in [0.1, 0.15) is 44.6 Å². The summed E-state index contributed by atoms with van der Waals surface area (Å²) in [6.45, 7) is 6.63. The Balaban J connectivity index is 1.86. The van der Waals surface area contributed by atoms with Crippen LogP contribution in [0.5, 0.6) is 0 Å². The van der Waals surface area contributed by atoms with Crippen LogP contribution in [-0.4, -0.2) is 31.1 Å². The van der Waals surface area contributed by atoms with Gasteiger partial charge in [-0.3, -0.25) is 4.79 Å². The average molecular weight is 303 g/mol. The molecule has 1 aliphatic carbocycles. The first-order valence-electron chi connectivity index (χ1n) is 8.44. The van der Waals surface area contributed by atoms with E-state index >= 15 is 0 Å². The predicted molar refractivity (Wildman–Crippen MR) is 92.1 cm³/mol. The lowest BCUT2D eigenvalue weighted by molar-refractivity contribution is -0.127. The van der Waals surface area contributed by atoms with Gasteiger partial charge in [0, 0.05) is 25.3 Å². The van der Waals surface area contributed by atoms with Gasteiger partial charge in [-0.2, -0.15) is 0 Å². The highest BCUT2D eigenvalue weighted by Gasteiger charge is 2.34. The molecule has 0 heterocycles. The van der Waals surface area contributed by atoms with E-state index in [1.165, 1.54) is 17.7 Å². The number of benzene rings is 1. The van der Waals surface area contributed by atoms with Gasteiger partial charge in [-0.15, -0.1) is 0 Å². The van der Waals surface area contributed by atoms with Gasteiger partial charge in [-0.25, -0.2) is 0 Å². The summed E-state index contributed by atoms with van der Waals surface area (Å²) in [4.78, 5) is 14.6. The number of carbonyl (C=O) groups is 1. The van der Waals surface area contributed by atoms with Crippen molar-refractivity contribution in [2.75, 3.05) is 24.5 Å². The number of hydrogen-bond donors (Lipinski definition) is 2. The number of hydrogen-bond acceptors (Lipinski definition) is 3. The van der Waals surface area contributed by atoms with Crippen molar-refractivity contribution in [3.8, 4) is 0 Å². The first-order chi connectivity index (χ1) is 10.6. The highest BCUT2D eigenvalue weighted by molar-refractivity contribution is 5.86. The molecule has 0 saturated heterocycles. The average Bonchev–Trinajstić information content (AvgIpc) is 2.53. The Hall–Kier alpha value is -1.55. The molecule has 1 amide bonds. The first kappa shape index (κ1) is 16.8. The number of carbonyl (C=O) groups excluding carboxylic acids is 1. The van der Waals surface area contributed by atoms with E-state index in [0.29, 0.717) is 6.54 Å². The van der Waals surface area contributed by atoms with E-state index in [2.05, 4.69) is 48.3 Å². The molecule has 0 radical (unpaired) electrons. The third-order valence-corrected chi connectivity index (χ3v) is 4.70. The molecule has 1 fully saturated rings. The molecule has 0 atom stereocenters. The van der Waals surface area contributed by atoms with E-state index in [4.69, 9.17) is 5.73 Å². The van der Waals surface area contributed by atoms with E-state index < -0.39 is 5.54 Å². The molecule has 4 heteroatoms. The van der Waals surface area contributed by atoms with E-state index in [9.17, 15) is 4.79 Å².